The van der Waals surface area contributed by atoms with Crippen molar-refractivity contribution >= 4 is 5.97 Å². The summed E-state index contributed by atoms with van der Waals surface area (Å²) in [4.78, 5) is 10.0. The van der Waals surface area contributed by atoms with Gasteiger partial charge in [-0.1, -0.05) is 6.92 Å². The minimum atomic E-state index is -0.950. The lowest BCUT2D eigenvalue weighted by Crippen LogP contribution is -2.20. The number of hydrogen-bond donors (Lipinski definition) is 2. The highest BCUT2D eigenvalue weighted by atomic mass is 16.5. The number of ether oxygens (including phenoxy) is 1. The van der Waals surface area contributed by atoms with Gasteiger partial charge in [0, 0.05) is 6.92 Å². The second-order valence-corrected chi connectivity index (χ2v) is 2.34. The van der Waals surface area contributed by atoms with Crippen molar-refractivity contribution < 1.29 is 24.9 Å². The van der Waals surface area contributed by atoms with Crippen LogP contribution in [0.2, 0.25) is 0 Å². The highest BCUT2D eigenvalue weighted by Crippen LogP contribution is 1.82. The first kappa shape index (κ1) is 14.5. The topological polar surface area (TPSA) is 89.8 Å². The molecule has 0 aliphatic heterocycles. The second-order valence-electron chi connectivity index (χ2n) is 2.34. The molecule has 0 rings (SSSR count). The molecule has 78 valence electrons. The number of rotatable bonds is 3. The molecule has 1 atom stereocenters. The lowest BCUT2D eigenvalue weighted by Gasteiger charge is -2.05. The van der Waals surface area contributed by atoms with Gasteiger partial charge in [0.1, 0.15) is 12.7 Å². The van der Waals surface area contributed by atoms with E-state index in [0.29, 0.717) is 0 Å². The van der Waals surface area contributed by atoms with E-state index in [9.17, 15) is 9.90 Å². The quantitative estimate of drug-likeness (QED) is 0.431. The Hall–Kier alpha value is -1.07. The van der Waals surface area contributed by atoms with Gasteiger partial charge in [-0.2, -0.15) is 0 Å². The Balaban J connectivity index is 0. The predicted molar refractivity (Wildman–Crippen MR) is 44.5 cm³/mol. The first-order valence-corrected chi connectivity index (χ1v) is 3.65. The van der Waals surface area contributed by atoms with Gasteiger partial charge in [0.2, 0.25) is 0 Å². The molecule has 0 saturated carbocycles. The fourth-order valence-electron chi connectivity index (χ4n) is 0.266. The van der Waals surface area contributed by atoms with Gasteiger partial charge in [-0.15, -0.1) is 12.3 Å². The molecule has 5 nitrogen and oxygen atoms in total. The van der Waals surface area contributed by atoms with Crippen molar-refractivity contribution in [2.75, 3.05) is 13.2 Å². The van der Waals surface area contributed by atoms with Gasteiger partial charge in [0.25, 0.3) is 0 Å². The summed E-state index contributed by atoms with van der Waals surface area (Å²) in [5.74, 6) is -0.539. The van der Waals surface area contributed by atoms with Crippen LogP contribution in [-0.4, -0.2) is 35.5 Å². The first-order valence-electron chi connectivity index (χ1n) is 3.65. The number of carbonyl (C=O) groups is 1. The van der Waals surface area contributed by atoms with Gasteiger partial charge in [-0.3, -0.25) is 4.79 Å². The standard InChI is InChI=1S/C5H10O4.C3H6O/c1-4(7)9-3-5(8)2-6;1-3(2)4/h5-6,8H,2-3H2,1H3;4H,1H2,2H3/p-1. The zero-order valence-corrected chi connectivity index (χ0v) is 7.82. The van der Waals surface area contributed by atoms with Gasteiger partial charge in [-0.25, -0.2) is 0 Å². The zero-order valence-electron chi connectivity index (χ0n) is 7.82. The minimum absolute atomic E-state index is 0.0833. The van der Waals surface area contributed by atoms with Crippen molar-refractivity contribution in [3.8, 4) is 0 Å². The summed E-state index contributed by atoms with van der Waals surface area (Å²) in [6.07, 6.45) is -0.950. The van der Waals surface area contributed by atoms with Crippen molar-refractivity contribution in [1.29, 1.82) is 0 Å². The molecule has 0 bridgehead atoms. The highest BCUT2D eigenvalue weighted by molar-refractivity contribution is 5.65. The molecule has 0 aromatic carbocycles. The van der Waals surface area contributed by atoms with Crippen LogP contribution in [0.1, 0.15) is 13.8 Å². The molecular formula is C8H15O5-. The number of esters is 1. The third kappa shape index (κ3) is 24.8. The maximum atomic E-state index is 10.0. The third-order valence-corrected chi connectivity index (χ3v) is 0.690. The molecule has 13 heavy (non-hydrogen) atoms. The van der Waals surface area contributed by atoms with Crippen molar-refractivity contribution in [2.45, 2.75) is 20.0 Å². The maximum absolute atomic E-state index is 10.0. The van der Waals surface area contributed by atoms with Crippen molar-refractivity contribution in [3.05, 3.63) is 12.3 Å². The summed E-state index contributed by atoms with van der Waals surface area (Å²) in [5.41, 5.74) is 0. The Labute approximate surface area is 77.3 Å². The van der Waals surface area contributed by atoms with Crippen LogP contribution in [0.15, 0.2) is 12.3 Å². The molecule has 2 N–H and O–H groups in total. The Morgan fingerprint density at radius 3 is 2.23 bits per heavy atom. The molecule has 0 aliphatic rings. The lowest BCUT2D eigenvalue weighted by atomic mass is 10.4. The van der Waals surface area contributed by atoms with Crippen molar-refractivity contribution in [2.24, 2.45) is 0 Å². The molecule has 0 radical (unpaired) electrons. The average molecular weight is 191 g/mol. The Bertz CT molecular complexity index is 151. The number of aliphatic hydroxyl groups excluding tert-OH is 2. The molecule has 5 heteroatoms. The SMILES string of the molecule is C=C(C)[O-].CC(=O)OCC(O)CO. The maximum Gasteiger partial charge on any atom is 0.302 e. The lowest BCUT2D eigenvalue weighted by molar-refractivity contribution is -0.300. The minimum Gasteiger partial charge on any atom is -0.876 e. The molecule has 0 spiro atoms. The summed E-state index contributed by atoms with van der Waals surface area (Å²) >= 11 is 0. The van der Waals surface area contributed by atoms with E-state index < -0.39 is 12.1 Å². The molecule has 1 unspecified atom stereocenters. The molecule has 0 amide bonds. The van der Waals surface area contributed by atoms with Gasteiger partial charge < -0.3 is 20.1 Å². The van der Waals surface area contributed by atoms with E-state index in [-0.39, 0.29) is 19.0 Å². The van der Waals surface area contributed by atoms with Crippen LogP contribution in [0.4, 0.5) is 0 Å². The Morgan fingerprint density at radius 1 is 1.62 bits per heavy atom. The summed E-state index contributed by atoms with van der Waals surface area (Å²) in [6.45, 7) is 5.14. The van der Waals surface area contributed by atoms with E-state index in [2.05, 4.69) is 11.3 Å². The van der Waals surface area contributed by atoms with Crippen LogP contribution < -0.4 is 5.11 Å². The largest absolute Gasteiger partial charge is 0.876 e. The van der Waals surface area contributed by atoms with E-state index in [0.717, 1.165) is 0 Å². The normalized spacial score (nSPS) is 10.8. The predicted octanol–water partition coefficient (Wildman–Crippen LogP) is -1.22. The van der Waals surface area contributed by atoms with E-state index in [1.165, 1.54) is 13.8 Å². The molecule has 0 saturated heterocycles. The fourth-order valence-corrected chi connectivity index (χ4v) is 0.266. The van der Waals surface area contributed by atoms with Gasteiger partial charge >= 0.3 is 5.97 Å². The number of hydrogen-bond acceptors (Lipinski definition) is 5. The average Bonchev–Trinajstić information content (AvgIpc) is 1.99. The Morgan fingerprint density at radius 2 is 2.00 bits per heavy atom. The summed E-state index contributed by atoms with van der Waals surface area (Å²) in [6, 6.07) is 0. The monoisotopic (exact) mass is 191 g/mol. The van der Waals surface area contributed by atoms with Crippen LogP contribution in [0.25, 0.3) is 0 Å². The smallest absolute Gasteiger partial charge is 0.302 e. The fraction of sp³-hybridized carbons (Fsp3) is 0.625. The van der Waals surface area contributed by atoms with E-state index in [1.54, 1.807) is 0 Å². The van der Waals surface area contributed by atoms with Crippen LogP contribution >= 0.6 is 0 Å². The molecule has 0 aliphatic carbocycles. The second kappa shape index (κ2) is 9.02. The molecule has 0 aromatic heterocycles. The molecule has 0 heterocycles. The molecule has 0 aromatic rings. The van der Waals surface area contributed by atoms with Crippen LogP contribution in [0, 0.1) is 0 Å². The Kier molecular flexibility index (Phi) is 10.0. The van der Waals surface area contributed by atoms with Gasteiger partial charge in [0.05, 0.1) is 6.61 Å². The summed E-state index contributed by atoms with van der Waals surface area (Å²) in [5, 5.41) is 26.1. The van der Waals surface area contributed by atoms with Crippen LogP contribution in [0.5, 0.6) is 0 Å². The van der Waals surface area contributed by atoms with Gasteiger partial charge in [0.15, 0.2) is 0 Å². The first-order chi connectivity index (χ1) is 5.90. The van der Waals surface area contributed by atoms with Crippen molar-refractivity contribution in [1.82, 2.24) is 0 Å². The summed E-state index contributed by atoms with van der Waals surface area (Å²) < 4.78 is 4.35. The molecule has 0 fully saturated rings. The van der Waals surface area contributed by atoms with Crippen LogP contribution in [0.3, 0.4) is 0 Å². The van der Waals surface area contributed by atoms with E-state index >= 15 is 0 Å². The highest BCUT2D eigenvalue weighted by Gasteiger charge is 2.02. The number of allylic oxidation sites excluding steroid dienone is 1. The van der Waals surface area contributed by atoms with Gasteiger partial charge in [-0.05, 0) is 0 Å². The van der Waals surface area contributed by atoms with Crippen LogP contribution in [-0.2, 0) is 9.53 Å². The summed E-state index contributed by atoms with van der Waals surface area (Å²) in [7, 11) is 0. The van der Waals surface area contributed by atoms with E-state index in [1.807, 2.05) is 0 Å². The molecular weight excluding hydrogens is 176 g/mol. The number of carbonyl (C=O) groups excluding carboxylic acids is 1. The third-order valence-electron chi connectivity index (χ3n) is 0.690. The van der Waals surface area contributed by atoms with Crippen molar-refractivity contribution in [3.63, 3.8) is 0 Å². The number of aliphatic hydroxyl groups is 2. The van der Waals surface area contributed by atoms with E-state index in [4.69, 9.17) is 10.2 Å². The zero-order chi connectivity index (χ0) is 10.9.